The summed E-state index contributed by atoms with van der Waals surface area (Å²) < 4.78 is 5.33. The molecule has 0 bridgehead atoms. The lowest BCUT2D eigenvalue weighted by atomic mass is 10.0. The third-order valence-corrected chi connectivity index (χ3v) is 5.26. The SMILES string of the molecule is CCc1c(Cl)ccc(C(OC(=O)c2ccc(Cl)cc2Cl)=C(C(C)=O)C(=O)O)c1Cl. The Labute approximate surface area is 186 Å². The Morgan fingerprint density at radius 3 is 2.10 bits per heavy atom. The fourth-order valence-electron chi connectivity index (χ4n) is 2.55. The van der Waals surface area contributed by atoms with Crippen LogP contribution in [0.5, 0.6) is 0 Å². The first-order valence-corrected chi connectivity index (χ1v) is 9.72. The monoisotopic (exact) mass is 474 g/mol. The first-order chi connectivity index (χ1) is 13.6. The second-order valence-corrected chi connectivity index (χ2v) is 7.45. The van der Waals surface area contributed by atoms with Crippen LogP contribution in [0.1, 0.15) is 35.3 Å². The van der Waals surface area contributed by atoms with Gasteiger partial charge in [0.05, 0.1) is 15.6 Å². The fourth-order valence-corrected chi connectivity index (χ4v) is 3.76. The summed E-state index contributed by atoms with van der Waals surface area (Å²) in [5.41, 5.74) is -0.256. The zero-order valence-corrected chi connectivity index (χ0v) is 18.2. The molecule has 0 radical (unpaired) electrons. The fraction of sp³-hybridized carbons (Fsp3) is 0.150. The predicted molar refractivity (Wildman–Crippen MR) is 113 cm³/mol. The summed E-state index contributed by atoms with van der Waals surface area (Å²) in [4.78, 5) is 36.4. The van der Waals surface area contributed by atoms with E-state index in [1.165, 1.54) is 30.3 Å². The molecule has 2 rings (SSSR count). The highest BCUT2D eigenvalue weighted by Crippen LogP contribution is 2.35. The van der Waals surface area contributed by atoms with Crippen LogP contribution in [-0.4, -0.2) is 22.8 Å². The van der Waals surface area contributed by atoms with E-state index in [9.17, 15) is 19.5 Å². The largest absolute Gasteiger partial charge is 0.477 e. The number of ketones is 1. The van der Waals surface area contributed by atoms with Crippen molar-refractivity contribution < 1.29 is 24.2 Å². The Morgan fingerprint density at radius 1 is 0.966 bits per heavy atom. The number of carbonyl (C=O) groups excluding carboxylic acids is 2. The molecule has 1 N–H and O–H groups in total. The van der Waals surface area contributed by atoms with Crippen LogP contribution in [0.25, 0.3) is 5.76 Å². The quantitative estimate of drug-likeness (QED) is 0.179. The van der Waals surface area contributed by atoms with Crippen LogP contribution in [0.3, 0.4) is 0 Å². The Bertz CT molecular complexity index is 1030. The lowest BCUT2D eigenvalue weighted by Gasteiger charge is -2.16. The smallest absolute Gasteiger partial charge is 0.345 e. The van der Waals surface area contributed by atoms with Gasteiger partial charge in [-0.3, -0.25) is 4.79 Å². The molecule has 0 saturated carbocycles. The van der Waals surface area contributed by atoms with Crippen molar-refractivity contribution in [3.05, 3.63) is 72.7 Å². The lowest BCUT2D eigenvalue weighted by molar-refractivity contribution is -0.134. The van der Waals surface area contributed by atoms with Gasteiger partial charge < -0.3 is 9.84 Å². The van der Waals surface area contributed by atoms with Gasteiger partial charge in [0.1, 0.15) is 5.57 Å². The molecule has 0 aliphatic heterocycles. The van der Waals surface area contributed by atoms with Crippen LogP contribution in [0.2, 0.25) is 20.1 Å². The summed E-state index contributed by atoms with van der Waals surface area (Å²) in [7, 11) is 0. The maximum atomic E-state index is 12.7. The number of rotatable bonds is 6. The van der Waals surface area contributed by atoms with Crippen LogP contribution in [0.4, 0.5) is 0 Å². The van der Waals surface area contributed by atoms with Crippen molar-refractivity contribution in [2.75, 3.05) is 0 Å². The molecular formula is C20H14Cl4O5. The van der Waals surface area contributed by atoms with Crippen molar-refractivity contribution >= 4 is 69.9 Å². The number of carboxylic acids is 1. The van der Waals surface area contributed by atoms with E-state index in [0.29, 0.717) is 22.0 Å². The Hall–Kier alpha value is -2.05. The third-order valence-electron chi connectivity index (χ3n) is 3.92. The van der Waals surface area contributed by atoms with Crippen LogP contribution in [0, 0.1) is 0 Å². The van der Waals surface area contributed by atoms with E-state index in [4.69, 9.17) is 51.1 Å². The summed E-state index contributed by atoms with van der Waals surface area (Å²) in [6, 6.07) is 6.92. The summed E-state index contributed by atoms with van der Waals surface area (Å²) in [6.45, 7) is 2.83. The van der Waals surface area contributed by atoms with Crippen molar-refractivity contribution in [3.63, 3.8) is 0 Å². The van der Waals surface area contributed by atoms with Gasteiger partial charge in [-0.2, -0.15) is 0 Å². The minimum absolute atomic E-state index is 0.00185. The molecule has 29 heavy (non-hydrogen) atoms. The predicted octanol–water partition coefficient (Wildman–Crippen LogP) is 6.10. The molecule has 152 valence electrons. The standard InChI is InChI=1S/C20H14Cl4O5/c1-3-11-14(22)7-6-13(17(11)24)18(16(9(2)25)19(26)27)29-20(28)12-5-4-10(21)8-15(12)23/h4-8H,3H2,1-2H3,(H,26,27). The molecule has 0 atom stereocenters. The molecule has 2 aromatic rings. The molecule has 0 heterocycles. The van der Waals surface area contributed by atoms with Crippen molar-refractivity contribution in [1.29, 1.82) is 0 Å². The van der Waals surface area contributed by atoms with Crippen molar-refractivity contribution in [3.8, 4) is 0 Å². The second kappa shape index (κ2) is 9.63. The molecule has 0 fully saturated rings. The zero-order valence-electron chi connectivity index (χ0n) is 15.2. The maximum Gasteiger partial charge on any atom is 0.345 e. The first kappa shape index (κ1) is 23.2. The molecule has 0 spiro atoms. The molecular weight excluding hydrogens is 462 g/mol. The summed E-state index contributed by atoms with van der Waals surface area (Å²) in [5, 5.41) is 10.3. The van der Waals surface area contributed by atoms with E-state index in [1.54, 1.807) is 6.92 Å². The highest BCUT2D eigenvalue weighted by Gasteiger charge is 2.28. The lowest BCUT2D eigenvalue weighted by Crippen LogP contribution is -2.16. The molecule has 5 nitrogen and oxygen atoms in total. The number of halogens is 4. The molecule has 9 heteroatoms. The average Bonchev–Trinajstić information content (AvgIpc) is 2.61. The van der Waals surface area contributed by atoms with Gasteiger partial charge in [-0.15, -0.1) is 0 Å². The van der Waals surface area contributed by atoms with E-state index in [-0.39, 0.29) is 21.2 Å². The normalized spacial score (nSPS) is 11.7. The maximum absolute atomic E-state index is 12.7. The average molecular weight is 476 g/mol. The number of hydrogen-bond donors (Lipinski definition) is 1. The molecule has 0 aromatic heterocycles. The second-order valence-electron chi connectivity index (χ2n) is 5.82. The number of hydrogen-bond acceptors (Lipinski definition) is 4. The third kappa shape index (κ3) is 5.11. The van der Waals surface area contributed by atoms with Gasteiger partial charge in [-0.1, -0.05) is 53.3 Å². The van der Waals surface area contributed by atoms with Gasteiger partial charge in [-0.05, 0) is 49.2 Å². The van der Waals surface area contributed by atoms with Gasteiger partial charge >= 0.3 is 11.9 Å². The molecule has 2 aromatic carbocycles. The van der Waals surface area contributed by atoms with Crippen LogP contribution in [-0.2, 0) is 20.7 Å². The first-order valence-electron chi connectivity index (χ1n) is 8.21. The van der Waals surface area contributed by atoms with Crippen LogP contribution < -0.4 is 0 Å². The summed E-state index contributed by atoms with van der Waals surface area (Å²) in [5.74, 6) is -3.89. The van der Waals surface area contributed by atoms with Crippen molar-refractivity contribution in [1.82, 2.24) is 0 Å². The molecule has 0 amide bonds. The summed E-state index contributed by atoms with van der Waals surface area (Å²) in [6.07, 6.45) is 0.429. The van der Waals surface area contributed by atoms with Gasteiger partial charge in [0.2, 0.25) is 0 Å². The number of carboxylic acid groups (broad SMARTS) is 1. The molecule has 0 saturated heterocycles. The van der Waals surface area contributed by atoms with E-state index < -0.39 is 29.1 Å². The summed E-state index contributed by atoms with van der Waals surface area (Å²) >= 11 is 24.4. The zero-order chi connectivity index (χ0) is 21.9. The number of Topliss-reactive ketones (excluding diaryl/α,β-unsaturated/α-hetero) is 1. The van der Waals surface area contributed by atoms with Gasteiger partial charge in [0, 0.05) is 15.6 Å². The Morgan fingerprint density at radius 2 is 1.59 bits per heavy atom. The Balaban J connectivity index is 2.71. The minimum Gasteiger partial charge on any atom is -0.477 e. The highest BCUT2D eigenvalue weighted by atomic mass is 35.5. The van der Waals surface area contributed by atoms with E-state index >= 15 is 0 Å². The van der Waals surface area contributed by atoms with Crippen LogP contribution >= 0.6 is 46.4 Å². The van der Waals surface area contributed by atoms with E-state index in [0.717, 1.165) is 6.92 Å². The molecule has 0 aliphatic rings. The topological polar surface area (TPSA) is 80.7 Å². The highest BCUT2D eigenvalue weighted by molar-refractivity contribution is 6.38. The Kier molecular flexibility index (Phi) is 7.72. The molecule has 0 aliphatic carbocycles. The number of ether oxygens (including phenoxy) is 1. The molecule has 0 unspecified atom stereocenters. The number of benzene rings is 2. The van der Waals surface area contributed by atoms with Gasteiger partial charge in [-0.25, -0.2) is 9.59 Å². The van der Waals surface area contributed by atoms with E-state index in [1.807, 2.05) is 0 Å². The van der Waals surface area contributed by atoms with Crippen molar-refractivity contribution in [2.24, 2.45) is 0 Å². The number of aliphatic carboxylic acids is 1. The minimum atomic E-state index is -1.58. The van der Waals surface area contributed by atoms with E-state index in [2.05, 4.69) is 0 Å². The number of carbonyl (C=O) groups is 3. The number of esters is 1. The van der Waals surface area contributed by atoms with Gasteiger partial charge in [0.15, 0.2) is 11.5 Å². The van der Waals surface area contributed by atoms with Crippen LogP contribution in [0.15, 0.2) is 35.9 Å². The van der Waals surface area contributed by atoms with Gasteiger partial charge in [0.25, 0.3) is 0 Å². The van der Waals surface area contributed by atoms with Crippen molar-refractivity contribution in [2.45, 2.75) is 20.3 Å².